The summed E-state index contributed by atoms with van der Waals surface area (Å²) in [6.07, 6.45) is 11.0. The zero-order valence-corrected chi connectivity index (χ0v) is 31.9. The van der Waals surface area contributed by atoms with Gasteiger partial charge >= 0.3 is 0 Å². The van der Waals surface area contributed by atoms with Crippen LogP contribution in [0.1, 0.15) is 65.5 Å². The van der Waals surface area contributed by atoms with E-state index in [0.717, 1.165) is 12.6 Å². The van der Waals surface area contributed by atoms with Gasteiger partial charge in [-0.3, -0.25) is 24.6 Å². The third-order valence-corrected chi connectivity index (χ3v) is 7.11. The van der Waals surface area contributed by atoms with E-state index in [4.69, 9.17) is 59.1 Å². The Labute approximate surface area is 312 Å². The average Bonchev–Trinajstić information content (AvgIpc) is 3.49. The molecule has 0 amide bonds. The number of ketones is 2. The van der Waals surface area contributed by atoms with Crippen molar-refractivity contribution in [1.82, 2.24) is 30.0 Å². The second kappa shape index (κ2) is 24.7. The number of nitrogens with two attached hydrogens (primary N) is 6. The van der Waals surface area contributed by atoms with Crippen LogP contribution >= 0.6 is 0 Å². The molecule has 1 aromatic rings. The van der Waals surface area contributed by atoms with Crippen molar-refractivity contribution in [3.8, 4) is 0 Å². The molecule has 0 fully saturated rings. The number of nitrogens with zero attached hydrogens (tertiary/aromatic N) is 7. The number of carbonyl (C=O) groups is 2. The Hall–Kier alpha value is -4.44. The summed E-state index contributed by atoms with van der Waals surface area (Å²) in [7, 11) is 1.65. The highest BCUT2D eigenvalue weighted by Crippen LogP contribution is 2.22. The van der Waals surface area contributed by atoms with Crippen LogP contribution in [0.3, 0.4) is 0 Å². The molecule has 13 N–H and O–H groups in total. The number of carbonyl (C=O) groups excluding carboxylic acids is 2. The molecule has 0 spiro atoms. The van der Waals surface area contributed by atoms with Crippen molar-refractivity contribution in [2.24, 2.45) is 50.6 Å². The van der Waals surface area contributed by atoms with Gasteiger partial charge in [-0.1, -0.05) is 32.9 Å². The Kier molecular flexibility index (Phi) is 21.7. The SMILES string of the molecule is CCCC(=O)Cc1cn(COCC(COCN(N)/C=C(\N)CC=N)(COCN(N)/C=C(\N)CC=NC)COCN(N)/C=C(\N)CC(=O)C(C)(C)C)nn1. The summed E-state index contributed by atoms with van der Waals surface area (Å²) in [4.78, 5) is 28.5. The summed E-state index contributed by atoms with van der Waals surface area (Å²) >= 11 is 0. The maximum absolute atomic E-state index is 12.4. The summed E-state index contributed by atoms with van der Waals surface area (Å²) in [5, 5.41) is 19.2. The van der Waals surface area contributed by atoms with Crippen molar-refractivity contribution in [3.05, 3.63) is 47.6 Å². The first-order valence-corrected chi connectivity index (χ1v) is 17.1. The number of allylic oxidation sites excluding steroid dienone is 3. The van der Waals surface area contributed by atoms with Gasteiger partial charge in [0.15, 0.2) is 0 Å². The summed E-state index contributed by atoms with van der Waals surface area (Å²) in [5.74, 6) is 18.4. The van der Waals surface area contributed by atoms with Gasteiger partial charge in [0.1, 0.15) is 38.5 Å². The van der Waals surface area contributed by atoms with E-state index < -0.39 is 10.8 Å². The lowest BCUT2D eigenvalue weighted by Crippen LogP contribution is -2.45. The number of nitrogens with one attached hydrogen (secondary N) is 1. The Morgan fingerprint density at radius 2 is 1.38 bits per heavy atom. The van der Waals surface area contributed by atoms with E-state index in [-0.39, 0.29) is 89.9 Å². The first-order chi connectivity index (χ1) is 25.0. The molecule has 0 aliphatic heterocycles. The fourth-order valence-electron chi connectivity index (χ4n) is 4.43. The Morgan fingerprint density at radius 3 is 1.87 bits per heavy atom. The van der Waals surface area contributed by atoms with Crippen LogP contribution in [0.5, 0.6) is 0 Å². The summed E-state index contributed by atoms with van der Waals surface area (Å²) in [6.45, 7) is 7.16. The highest BCUT2D eigenvalue weighted by molar-refractivity contribution is 5.85. The van der Waals surface area contributed by atoms with Crippen LogP contribution in [0.4, 0.5) is 0 Å². The van der Waals surface area contributed by atoms with E-state index in [1.54, 1.807) is 19.5 Å². The predicted octanol–water partition coefficient (Wildman–Crippen LogP) is 0.136. The van der Waals surface area contributed by atoms with Crippen LogP contribution in [0.25, 0.3) is 0 Å². The highest BCUT2D eigenvalue weighted by atomic mass is 16.5. The van der Waals surface area contributed by atoms with Gasteiger partial charge in [0.05, 0.1) is 50.2 Å². The highest BCUT2D eigenvalue weighted by Gasteiger charge is 2.33. The lowest BCUT2D eigenvalue weighted by atomic mass is 9.88. The monoisotopic (exact) mass is 750 g/mol. The topological polar surface area (TPSA) is 304 Å². The van der Waals surface area contributed by atoms with Gasteiger partial charge in [-0.15, -0.1) is 5.10 Å². The molecule has 0 aliphatic rings. The average molecular weight is 751 g/mol. The number of aromatic nitrogens is 3. The first-order valence-electron chi connectivity index (χ1n) is 17.1. The molecule has 0 saturated heterocycles. The Balaban J connectivity index is 3.22. The van der Waals surface area contributed by atoms with Crippen LogP contribution in [-0.4, -0.2) is 108 Å². The molecule has 20 nitrogen and oxygen atoms in total. The molecule has 1 atom stereocenters. The fourth-order valence-corrected chi connectivity index (χ4v) is 4.43. The number of Topliss-reactive ketones (excluding diaryl/α,β-unsaturated/α-hetero) is 2. The van der Waals surface area contributed by atoms with Crippen LogP contribution in [-0.2, 0) is 41.7 Å². The third kappa shape index (κ3) is 21.0. The number of hydrogen-bond acceptors (Lipinski definition) is 19. The molecular formula is C33H62N14O6. The van der Waals surface area contributed by atoms with Crippen LogP contribution < -0.4 is 34.7 Å². The molecule has 1 rings (SSSR count). The second-order valence-electron chi connectivity index (χ2n) is 13.7. The molecule has 300 valence electrons. The van der Waals surface area contributed by atoms with Crippen molar-refractivity contribution in [2.45, 2.75) is 73.0 Å². The normalized spacial score (nSPS) is 14.0. The molecule has 0 aromatic carbocycles. The van der Waals surface area contributed by atoms with E-state index in [1.165, 1.54) is 38.3 Å². The van der Waals surface area contributed by atoms with Crippen molar-refractivity contribution >= 4 is 24.0 Å². The molecule has 20 heteroatoms. The molecule has 0 bridgehead atoms. The maximum atomic E-state index is 12.4. The van der Waals surface area contributed by atoms with Crippen LogP contribution in [0, 0.1) is 16.2 Å². The fraction of sp³-hybridized carbons (Fsp3) is 0.636. The van der Waals surface area contributed by atoms with Gasteiger partial charge < -0.3 is 46.6 Å². The predicted molar refractivity (Wildman–Crippen MR) is 201 cm³/mol. The molecule has 1 unspecified atom stereocenters. The molecular weight excluding hydrogens is 688 g/mol. The smallest absolute Gasteiger partial charge is 0.144 e. The molecule has 0 radical (unpaired) electrons. The zero-order valence-electron chi connectivity index (χ0n) is 31.9. The minimum absolute atomic E-state index is 0.00460. The Morgan fingerprint density at radius 1 is 0.868 bits per heavy atom. The maximum Gasteiger partial charge on any atom is 0.144 e. The van der Waals surface area contributed by atoms with E-state index in [9.17, 15) is 9.59 Å². The number of rotatable bonds is 29. The van der Waals surface area contributed by atoms with E-state index in [1.807, 2.05) is 27.7 Å². The standard InChI is InChI=1S/C33H62N14O6/c1-6-7-30(48)13-29-17-47(43-42-29)25-53-21-33(18-50-22-44(38)14-26(35)8-10-34,19-51-23-45(39)15-27(36)9-11-41-5)20-52-24-46(40)16-28(37)12-31(49)32(2,3)4/h10-11,14-17,34H,6-9,12-13,18-25,35-40H2,1-5H3/b26-14-,27-15-,28-16-,34-10?,41-11?. The molecule has 53 heavy (non-hydrogen) atoms. The van der Waals surface area contributed by atoms with Gasteiger partial charge in [0, 0.05) is 86.3 Å². The first kappa shape index (κ1) is 46.6. The number of hydrogen-bond donors (Lipinski definition) is 7. The van der Waals surface area contributed by atoms with Crippen LogP contribution in [0.15, 0.2) is 46.9 Å². The van der Waals surface area contributed by atoms with Gasteiger partial charge in [0.25, 0.3) is 0 Å². The molecule has 1 aromatic heterocycles. The van der Waals surface area contributed by atoms with E-state index >= 15 is 0 Å². The number of ether oxygens (including phenoxy) is 4. The number of aliphatic imine (C=N–C) groups is 1. The van der Waals surface area contributed by atoms with Gasteiger partial charge in [-0.2, -0.15) is 0 Å². The number of hydrazine groups is 3. The summed E-state index contributed by atoms with van der Waals surface area (Å²) < 4.78 is 25.6. The second-order valence-corrected chi connectivity index (χ2v) is 13.7. The minimum Gasteiger partial charge on any atom is -0.401 e. The van der Waals surface area contributed by atoms with E-state index in [0.29, 0.717) is 29.9 Å². The minimum atomic E-state index is -0.991. The molecule has 0 aliphatic carbocycles. The molecule has 0 saturated carbocycles. The van der Waals surface area contributed by atoms with E-state index in [2.05, 4.69) is 15.3 Å². The molecule has 1 heterocycles. The van der Waals surface area contributed by atoms with Crippen molar-refractivity contribution < 1.29 is 28.5 Å². The van der Waals surface area contributed by atoms with Crippen molar-refractivity contribution in [2.75, 3.05) is 53.7 Å². The quantitative estimate of drug-likeness (QED) is 0.0248. The zero-order chi connectivity index (χ0) is 39.9. The third-order valence-electron chi connectivity index (χ3n) is 7.11. The summed E-state index contributed by atoms with van der Waals surface area (Å²) in [6, 6.07) is 0. The van der Waals surface area contributed by atoms with Gasteiger partial charge in [-0.05, 0) is 6.42 Å². The van der Waals surface area contributed by atoms with Crippen molar-refractivity contribution in [1.29, 1.82) is 5.41 Å². The van der Waals surface area contributed by atoms with Crippen LogP contribution in [0.2, 0.25) is 0 Å². The summed E-state index contributed by atoms with van der Waals surface area (Å²) in [5.41, 5.74) is 18.1. The largest absolute Gasteiger partial charge is 0.401 e. The van der Waals surface area contributed by atoms with Gasteiger partial charge in [-0.25, -0.2) is 22.2 Å². The lowest BCUT2D eigenvalue weighted by molar-refractivity contribution is -0.138. The van der Waals surface area contributed by atoms with Crippen molar-refractivity contribution in [3.63, 3.8) is 0 Å². The van der Waals surface area contributed by atoms with Gasteiger partial charge in [0.2, 0.25) is 0 Å². The lowest BCUT2D eigenvalue weighted by Gasteiger charge is -2.34. The Bertz CT molecular complexity index is 1380.